The number of fused-ring (bicyclic) bond motifs is 6. The van der Waals surface area contributed by atoms with Crippen LogP contribution in [0.1, 0.15) is 36.6 Å². The molecule has 2 bridgehead atoms. The highest BCUT2D eigenvalue weighted by atomic mass is 16.5. The van der Waals surface area contributed by atoms with Crippen LogP contribution >= 0.6 is 0 Å². The highest BCUT2D eigenvalue weighted by Crippen LogP contribution is 2.53. The lowest BCUT2D eigenvalue weighted by molar-refractivity contribution is -0.120. The fourth-order valence-corrected chi connectivity index (χ4v) is 6.51. The number of hydrogen-bond donors (Lipinski definition) is 2. The van der Waals surface area contributed by atoms with Crippen LogP contribution in [-0.4, -0.2) is 78.3 Å². The van der Waals surface area contributed by atoms with Gasteiger partial charge in [-0.2, -0.15) is 5.26 Å². The number of rotatable bonds is 4. The number of ether oxygens (including phenoxy) is 2. The summed E-state index contributed by atoms with van der Waals surface area (Å²) >= 11 is 0. The molecule has 0 radical (unpaired) electrons. The quantitative estimate of drug-likeness (QED) is 0.570. The lowest BCUT2D eigenvalue weighted by atomic mass is 9.73. The predicted molar refractivity (Wildman–Crippen MR) is 136 cm³/mol. The van der Waals surface area contributed by atoms with Gasteiger partial charge < -0.3 is 24.8 Å². The van der Waals surface area contributed by atoms with Gasteiger partial charge in [-0.1, -0.05) is 6.07 Å². The Kier molecular flexibility index (Phi) is 6.07. The topological polar surface area (TPSA) is 132 Å². The molecule has 0 unspecified atom stereocenters. The number of aryl methyl sites for hydroxylation is 1. The van der Waals surface area contributed by atoms with Gasteiger partial charge in [0.1, 0.15) is 6.04 Å². The number of nitriles is 1. The van der Waals surface area contributed by atoms with Crippen molar-refractivity contribution >= 4 is 17.5 Å². The van der Waals surface area contributed by atoms with E-state index in [0.29, 0.717) is 23.4 Å². The summed E-state index contributed by atoms with van der Waals surface area (Å²) < 4.78 is 10.8. The van der Waals surface area contributed by atoms with Crippen LogP contribution in [0.2, 0.25) is 0 Å². The van der Waals surface area contributed by atoms with Gasteiger partial charge in [-0.3, -0.25) is 19.3 Å². The van der Waals surface area contributed by atoms with E-state index in [-0.39, 0.29) is 52.5 Å². The van der Waals surface area contributed by atoms with Gasteiger partial charge in [-0.25, -0.2) is 0 Å². The molecule has 1 aromatic carbocycles. The average Bonchev–Trinajstić information content (AvgIpc) is 2.86. The average molecular weight is 519 g/mol. The minimum atomic E-state index is -0.789. The van der Waals surface area contributed by atoms with Crippen LogP contribution in [0.4, 0.5) is 0 Å². The number of phenols is 1. The Morgan fingerprint density at radius 3 is 2.55 bits per heavy atom. The lowest BCUT2D eigenvalue weighted by Crippen LogP contribution is -2.65. The van der Waals surface area contributed by atoms with Crippen LogP contribution in [0.3, 0.4) is 0 Å². The highest BCUT2D eigenvalue weighted by molar-refractivity contribution is 6.26. The summed E-state index contributed by atoms with van der Waals surface area (Å²) in [6, 6.07) is 2.11. The van der Waals surface area contributed by atoms with Crippen LogP contribution < -0.4 is 10.1 Å². The monoisotopic (exact) mass is 518 g/mol. The summed E-state index contributed by atoms with van der Waals surface area (Å²) in [6.07, 6.45) is 2.15. The van der Waals surface area contributed by atoms with Crippen molar-refractivity contribution in [2.24, 2.45) is 0 Å². The Morgan fingerprint density at radius 1 is 1.24 bits per heavy atom. The molecule has 38 heavy (non-hydrogen) atoms. The van der Waals surface area contributed by atoms with Gasteiger partial charge in [-0.15, -0.1) is 0 Å². The molecule has 1 saturated heterocycles. The first-order valence-electron chi connectivity index (χ1n) is 12.4. The molecule has 4 aliphatic rings. The maximum atomic E-state index is 13.6. The third-order valence-electron chi connectivity index (χ3n) is 8.15. The van der Waals surface area contributed by atoms with E-state index in [9.17, 15) is 24.8 Å². The van der Waals surface area contributed by atoms with E-state index in [1.807, 2.05) is 29.8 Å². The fourth-order valence-electron chi connectivity index (χ4n) is 6.51. The number of nitrogens with one attached hydrogen (secondary N) is 1. The van der Waals surface area contributed by atoms with Crippen molar-refractivity contribution in [1.82, 2.24) is 15.1 Å². The molecule has 10 nitrogen and oxygen atoms in total. The molecule has 10 heteroatoms. The number of likely N-dealkylation sites (N-methyl/N-ethyl adjacent to an activating group) is 1. The van der Waals surface area contributed by atoms with E-state index in [0.717, 1.165) is 11.1 Å². The van der Waals surface area contributed by atoms with Gasteiger partial charge in [0, 0.05) is 47.5 Å². The SMILES string of the molecule is COC1=C(C)C(=O)C2=C(C1=O)[C@H](CNC(C)=O)N1C(=C2)[C@H]2c3c(cc(C)c(OC)c3O)C[C@@H]([C@@H]1C#N)N2C. The number of allylic oxidation sites excluding steroid dienone is 4. The summed E-state index contributed by atoms with van der Waals surface area (Å²) in [6.45, 7) is 4.79. The van der Waals surface area contributed by atoms with Crippen LogP contribution in [0, 0.1) is 18.3 Å². The second kappa shape index (κ2) is 9.03. The van der Waals surface area contributed by atoms with Crippen molar-refractivity contribution in [3.63, 3.8) is 0 Å². The molecule has 2 N–H and O–H groups in total. The number of hydrogen-bond acceptors (Lipinski definition) is 9. The Balaban J connectivity index is 1.79. The molecule has 0 aromatic heterocycles. The van der Waals surface area contributed by atoms with E-state index in [4.69, 9.17) is 9.47 Å². The number of Topliss-reactive ketones (excluding diaryl/α,β-unsaturated/α-hetero) is 2. The number of aromatic hydroxyl groups is 1. The van der Waals surface area contributed by atoms with Gasteiger partial charge in [0.05, 0.1) is 32.4 Å². The van der Waals surface area contributed by atoms with Gasteiger partial charge in [0.2, 0.25) is 11.7 Å². The zero-order valence-corrected chi connectivity index (χ0v) is 22.2. The maximum absolute atomic E-state index is 13.6. The Bertz CT molecular complexity index is 1430. The molecule has 1 aromatic rings. The molecule has 4 atom stereocenters. The van der Waals surface area contributed by atoms with Crippen LogP contribution in [0.25, 0.3) is 0 Å². The first-order valence-corrected chi connectivity index (χ1v) is 12.4. The number of carbonyl (C=O) groups excluding carboxylic acids is 3. The molecule has 0 saturated carbocycles. The number of carbonyl (C=O) groups is 3. The number of amides is 1. The van der Waals surface area contributed by atoms with Crippen LogP contribution in [0.5, 0.6) is 11.5 Å². The summed E-state index contributed by atoms with van der Waals surface area (Å²) in [5.74, 6) is -0.755. The molecule has 0 spiro atoms. The third-order valence-corrected chi connectivity index (χ3v) is 8.15. The molecule has 5 rings (SSSR count). The first kappa shape index (κ1) is 25.5. The van der Waals surface area contributed by atoms with Crippen molar-refractivity contribution < 1.29 is 29.0 Å². The van der Waals surface area contributed by atoms with Gasteiger partial charge in [0.15, 0.2) is 23.0 Å². The van der Waals surface area contributed by atoms with Crippen molar-refractivity contribution in [3.8, 4) is 17.6 Å². The summed E-state index contributed by atoms with van der Waals surface area (Å²) in [5.41, 5.74) is 3.53. The number of piperazine rings is 1. The standard InChI is InChI=1S/C28H30N4O6/c1-12-7-15-8-17-19(10-29)32-18(23(31(17)4)21(15)25(35)27(12)37-5)9-16-22(20(32)11-30-14(3)33)26(36)28(38-6)13(2)24(16)34/h7,9,17,19-20,23,35H,8,11H2,1-6H3,(H,30,33)/t17-,19-,20-,23-/m0/s1. The summed E-state index contributed by atoms with van der Waals surface area (Å²) in [7, 11) is 4.73. The number of nitrogens with zero attached hydrogens (tertiary/aromatic N) is 3. The van der Waals surface area contributed by atoms with Gasteiger partial charge >= 0.3 is 0 Å². The molecule has 1 aliphatic carbocycles. The van der Waals surface area contributed by atoms with Crippen molar-refractivity contribution in [1.29, 1.82) is 5.26 Å². The van der Waals surface area contributed by atoms with Gasteiger partial charge in [-0.05, 0) is 44.5 Å². The number of ketones is 2. The van der Waals surface area contributed by atoms with E-state index in [2.05, 4.69) is 11.4 Å². The summed E-state index contributed by atoms with van der Waals surface area (Å²) in [5, 5.41) is 24.6. The van der Waals surface area contributed by atoms with Gasteiger partial charge in [0.25, 0.3) is 0 Å². The Labute approximate surface area is 220 Å². The number of benzene rings is 1. The maximum Gasteiger partial charge on any atom is 0.226 e. The van der Waals surface area contributed by atoms with Crippen molar-refractivity contribution in [2.45, 2.75) is 51.4 Å². The molecule has 1 fully saturated rings. The van der Waals surface area contributed by atoms with E-state index in [1.54, 1.807) is 13.0 Å². The smallest absolute Gasteiger partial charge is 0.226 e. The normalized spacial score (nSPS) is 26.2. The molecular formula is C28H30N4O6. The van der Waals surface area contributed by atoms with E-state index in [1.165, 1.54) is 21.1 Å². The minimum absolute atomic E-state index is 0.0102. The number of methoxy groups -OCH3 is 2. The second-order valence-corrected chi connectivity index (χ2v) is 10.1. The lowest BCUT2D eigenvalue weighted by Gasteiger charge is -2.57. The Morgan fingerprint density at radius 2 is 1.95 bits per heavy atom. The van der Waals surface area contributed by atoms with E-state index < -0.39 is 23.9 Å². The third kappa shape index (κ3) is 3.38. The van der Waals surface area contributed by atoms with E-state index >= 15 is 0 Å². The van der Waals surface area contributed by atoms with Crippen molar-refractivity contribution in [3.05, 3.63) is 57.0 Å². The first-order chi connectivity index (χ1) is 18.1. The zero-order valence-electron chi connectivity index (χ0n) is 22.2. The number of phenolic OH excluding ortho intramolecular Hbond substituents is 1. The van der Waals surface area contributed by atoms with Crippen molar-refractivity contribution in [2.75, 3.05) is 27.8 Å². The molecular weight excluding hydrogens is 488 g/mol. The largest absolute Gasteiger partial charge is 0.504 e. The fraction of sp³-hybridized carbons (Fsp3) is 0.429. The summed E-state index contributed by atoms with van der Waals surface area (Å²) in [4.78, 5) is 43.0. The molecule has 1 amide bonds. The minimum Gasteiger partial charge on any atom is -0.504 e. The molecule has 198 valence electrons. The second-order valence-electron chi connectivity index (χ2n) is 10.1. The zero-order chi connectivity index (χ0) is 27.6. The molecule has 3 heterocycles. The molecule has 3 aliphatic heterocycles. The predicted octanol–water partition coefficient (Wildman–Crippen LogP) is 1.59. The van der Waals surface area contributed by atoms with Crippen LogP contribution in [0.15, 0.2) is 40.3 Å². The highest BCUT2D eigenvalue weighted by Gasteiger charge is 2.54. The van der Waals surface area contributed by atoms with Crippen LogP contribution in [-0.2, 0) is 25.5 Å². The Hall–Kier alpha value is -4.10.